The molecule has 6 nitrogen and oxygen atoms in total. The highest BCUT2D eigenvalue weighted by molar-refractivity contribution is 6.24. The average molecular weight is 354 g/mol. The third-order valence-corrected chi connectivity index (χ3v) is 2.99. The molecule has 1 aromatic heterocycles. The molecule has 0 saturated carbocycles. The van der Waals surface area contributed by atoms with E-state index in [0.29, 0.717) is 11.8 Å². The number of hydrogen-bond donors (Lipinski definition) is 1. The number of nitrogens with zero attached hydrogens (tertiary/aromatic N) is 1. The fourth-order valence-electron chi connectivity index (χ4n) is 1.85. The average Bonchev–Trinajstić information content (AvgIpc) is 2.96. The Morgan fingerprint density at radius 1 is 1.20 bits per heavy atom. The van der Waals surface area contributed by atoms with Crippen LogP contribution in [-0.4, -0.2) is 23.5 Å². The van der Waals surface area contributed by atoms with Gasteiger partial charge in [-0.1, -0.05) is 5.16 Å². The van der Waals surface area contributed by atoms with Crippen molar-refractivity contribution in [2.45, 2.75) is 13.8 Å². The van der Waals surface area contributed by atoms with Gasteiger partial charge in [-0.2, -0.15) is 0 Å². The van der Waals surface area contributed by atoms with Crippen molar-refractivity contribution in [1.82, 2.24) is 5.16 Å². The zero-order chi connectivity index (χ0) is 18.6. The molecule has 0 spiro atoms. The third-order valence-electron chi connectivity index (χ3n) is 2.99. The minimum atomic E-state index is -1.45. The van der Waals surface area contributed by atoms with Crippen molar-refractivity contribution < 1.29 is 32.0 Å². The smallest absolute Gasteiger partial charge is 0.343 e. The number of aromatic nitrogens is 1. The van der Waals surface area contributed by atoms with E-state index in [2.05, 4.69) is 10.5 Å². The number of aryl methyl sites for hydroxylation is 1. The molecule has 0 saturated heterocycles. The maximum Gasteiger partial charge on any atom is 0.343 e. The van der Waals surface area contributed by atoms with Crippen molar-refractivity contribution in [3.05, 3.63) is 58.7 Å². The van der Waals surface area contributed by atoms with Gasteiger partial charge in [0, 0.05) is 18.3 Å². The van der Waals surface area contributed by atoms with Gasteiger partial charge in [-0.3, -0.25) is 4.79 Å². The fraction of sp³-hybridized carbons (Fsp3) is 0.188. The Bertz CT molecular complexity index is 846. The van der Waals surface area contributed by atoms with Crippen molar-refractivity contribution in [3.8, 4) is 0 Å². The van der Waals surface area contributed by atoms with Gasteiger partial charge in [-0.15, -0.1) is 0 Å². The Labute approximate surface area is 140 Å². The number of carbonyl (C=O) groups is 2. The maximum atomic E-state index is 13.8. The van der Waals surface area contributed by atoms with Crippen LogP contribution in [0.25, 0.3) is 0 Å². The third kappa shape index (κ3) is 4.25. The van der Waals surface area contributed by atoms with Gasteiger partial charge in [0.25, 0.3) is 0 Å². The molecular weight excluding hydrogens is 341 g/mol. The summed E-state index contributed by atoms with van der Waals surface area (Å²) in [7, 11) is 0. The molecule has 0 amide bonds. The van der Waals surface area contributed by atoms with E-state index >= 15 is 0 Å². The van der Waals surface area contributed by atoms with Gasteiger partial charge < -0.3 is 14.6 Å². The minimum Gasteiger partial charge on any atom is -0.462 e. The Morgan fingerprint density at radius 2 is 1.88 bits per heavy atom. The zero-order valence-electron chi connectivity index (χ0n) is 13.2. The Hall–Kier alpha value is -3.10. The van der Waals surface area contributed by atoms with E-state index in [4.69, 9.17) is 9.26 Å². The molecule has 1 N–H and O–H groups in total. The lowest BCUT2D eigenvalue weighted by molar-refractivity contribution is -0.138. The Kier molecular flexibility index (Phi) is 5.58. The van der Waals surface area contributed by atoms with Gasteiger partial charge >= 0.3 is 5.97 Å². The highest BCUT2D eigenvalue weighted by Crippen LogP contribution is 2.18. The molecule has 0 radical (unpaired) electrons. The molecule has 0 unspecified atom stereocenters. The van der Waals surface area contributed by atoms with Crippen LogP contribution < -0.4 is 5.32 Å². The predicted octanol–water partition coefficient (Wildman–Crippen LogP) is 3.14. The first-order valence-electron chi connectivity index (χ1n) is 7.09. The number of carbonyl (C=O) groups excluding carboxylic acids is 2. The van der Waals surface area contributed by atoms with Gasteiger partial charge in [0.1, 0.15) is 17.2 Å². The number of esters is 1. The van der Waals surface area contributed by atoms with Crippen LogP contribution >= 0.6 is 0 Å². The zero-order valence-corrected chi connectivity index (χ0v) is 13.2. The lowest BCUT2D eigenvalue weighted by Crippen LogP contribution is -2.19. The Balaban J connectivity index is 2.39. The second-order valence-electron chi connectivity index (χ2n) is 4.82. The van der Waals surface area contributed by atoms with E-state index < -0.39 is 40.3 Å². The SMILES string of the molecule is CCOC(=O)C(=CNc1cc(C)on1)C(=O)c1cc(F)c(F)cc1F. The molecule has 25 heavy (non-hydrogen) atoms. The minimum absolute atomic E-state index is 0.0488. The van der Waals surface area contributed by atoms with Crippen LogP contribution in [0, 0.1) is 24.4 Å². The molecule has 2 aromatic rings. The molecule has 9 heteroatoms. The topological polar surface area (TPSA) is 81.4 Å². The van der Waals surface area contributed by atoms with E-state index in [1.807, 2.05) is 0 Å². The molecule has 0 aliphatic rings. The number of hydrogen-bond acceptors (Lipinski definition) is 6. The standard InChI is InChI=1S/C16H13F3N2O4/c1-3-24-16(23)10(7-20-14-4-8(2)25-21-14)15(22)9-5-12(18)13(19)6-11(9)17/h4-7H,3H2,1-2H3,(H,20,21). The van der Waals surface area contributed by atoms with E-state index in [9.17, 15) is 22.8 Å². The summed E-state index contributed by atoms with van der Waals surface area (Å²) in [5, 5.41) is 6.11. The van der Waals surface area contributed by atoms with Crippen LogP contribution in [0.4, 0.5) is 19.0 Å². The second kappa shape index (κ2) is 7.65. The van der Waals surface area contributed by atoms with Crippen LogP contribution in [0.3, 0.4) is 0 Å². The summed E-state index contributed by atoms with van der Waals surface area (Å²) in [5.41, 5.74) is -1.43. The Morgan fingerprint density at radius 3 is 2.48 bits per heavy atom. The summed E-state index contributed by atoms with van der Waals surface area (Å²) in [6, 6.07) is 2.07. The molecule has 0 fully saturated rings. The molecule has 0 atom stereocenters. The van der Waals surface area contributed by atoms with Crippen LogP contribution in [0.15, 0.2) is 34.5 Å². The van der Waals surface area contributed by atoms with E-state index in [-0.39, 0.29) is 18.5 Å². The van der Waals surface area contributed by atoms with Crippen LogP contribution in [0.2, 0.25) is 0 Å². The summed E-state index contributed by atoms with van der Waals surface area (Å²) >= 11 is 0. The number of ether oxygens (including phenoxy) is 1. The number of rotatable bonds is 6. The summed E-state index contributed by atoms with van der Waals surface area (Å²) in [5.74, 6) is -5.78. The number of Topliss-reactive ketones (excluding diaryl/α,β-unsaturated/α-hetero) is 1. The predicted molar refractivity (Wildman–Crippen MR) is 80.2 cm³/mol. The van der Waals surface area contributed by atoms with Crippen LogP contribution in [0.1, 0.15) is 23.0 Å². The lowest BCUT2D eigenvalue weighted by Gasteiger charge is -2.08. The highest BCUT2D eigenvalue weighted by Gasteiger charge is 2.25. The largest absolute Gasteiger partial charge is 0.462 e. The summed E-state index contributed by atoms with van der Waals surface area (Å²) in [6.07, 6.45) is 0.929. The lowest BCUT2D eigenvalue weighted by atomic mass is 10.0. The first-order valence-corrected chi connectivity index (χ1v) is 7.09. The number of ketones is 1. The second-order valence-corrected chi connectivity index (χ2v) is 4.82. The first kappa shape index (κ1) is 18.2. The summed E-state index contributed by atoms with van der Waals surface area (Å²) in [6.45, 7) is 3.08. The molecular formula is C16H13F3N2O4. The number of benzene rings is 1. The van der Waals surface area contributed by atoms with Gasteiger partial charge in [-0.05, 0) is 19.9 Å². The summed E-state index contributed by atoms with van der Waals surface area (Å²) in [4.78, 5) is 24.4. The quantitative estimate of drug-likeness (QED) is 0.214. The molecule has 0 bridgehead atoms. The number of halogens is 3. The molecule has 132 valence electrons. The summed E-state index contributed by atoms with van der Waals surface area (Å²) < 4.78 is 49.7. The van der Waals surface area contributed by atoms with Gasteiger partial charge in [-0.25, -0.2) is 18.0 Å². The number of nitrogens with one attached hydrogen (secondary N) is 1. The molecule has 1 aromatic carbocycles. The van der Waals surface area contributed by atoms with Gasteiger partial charge in [0.05, 0.1) is 12.2 Å². The van der Waals surface area contributed by atoms with Gasteiger partial charge in [0.15, 0.2) is 17.5 Å². The maximum absolute atomic E-state index is 13.8. The number of anilines is 1. The normalized spacial score (nSPS) is 11.3. The van der Waals surface area contributed by atoms with Gasteiger partial charge in [0.2, 0.25) is 5.78 Å². The van der Waals surface area contributed by atoms with Crippen LogP contribution in [-0.2, 0) is 9.53 Å². The van der Waals surface area contributed by atoms with Crippen molar-refractivity contribution in [2.75, 3.05) is 11.9 Å². The molecule has 0 aliphatic heterocycles. The van der Waals surface area contributed by atoms with Crippen molar-refractivity contribution in [1.29, 1.82) is 0 Å². The molecule has 2 rings (SSSR count). The van der Waals surface area contributed by atoms with Crippen molar-refractivity contribution in [3.63, 3.8) is 0 Å². The molecule has 1 heterocycles. The van der Waals surface area contributed by atoms with Crippen LogP contribution in [0.5, 0.6) is 0 Å². The van der Waals surface area contributed by atoms with E-state index in [1.165, 1.54) is 13.0 Å². The monoisotopic (exact) mass is 354 g/mol. The highest BCUT2D eigenvalue weighted by atomic mass is 19.2. The first-order chi connectivity index (χ1) is 11.8. The van der Waals surface area contributed by atoms with E-state index in [1.54, 1.807) is 6.92 Å². The fourth-order valence-corrected chi connectivity index (χ4v) is 1.85. The van der Waals surface area contributed by atoms with E-state index in [0.717, 1.165) is 6.20 Å². The molecule has 0 aliphatic carbocycles. The van der Waals surface area contributed by atoms with Crippen molar-refractivity contribution >= 4 is 17.6 Å². The van der Waals surface area contributed by atoms with Crippen molar-refractivity contribution in [2.24, 2.45) is 0 Å².